The van der Waals surface area contributed by atoms with Crippen LogP contribution < -0.4 is 0 Å². The minimum atomic E-state index is 0.509. The Balaban J connectivity index is 1.50. The third-order valence-electron chi connectivity index (χ3n) is 3.81. The molecule has 1 saturated heterocycles. The first-order valence-electron chi connectivity index (χ1n) is 7.36. The van der Waals surface area contributed by atoms with Gasteiger partial charge >= 0.3 is 0 Å². The van der Waals surface area contributed by atoms with Crippen molar-refractivity contribution in [1.82, 2.24) is 0 Å². The normalized spacial score (nSPS) is 25.6. The second-order valence-electron chi connectivity index (χ2n) is 5.34. The summed E-state index contributed by atoms with van der Waals surface area (Å²) in [5.74, 6) is 0. The van der Waals surface area contributed by atoms with Crippen LogP contribution in [0.4, 0.5) is 0 Å². The Labute approximate surface area is 105 Å². The molecule has 0 bridgehead atoms. The Kier molecular flexibility index (Phi) is 5.90. The highest BCUT2D eigenvalue weighted by atomic mass is 16.5. The van der Waals surface area contributed by atoms with Gasteiger partial charge in [-0.05, 0) is 63.4 Å². The molecular weight excluding hydrogens is 212 g/mol. The summed E-state index contributed by atoms with van der Waals surface area (Å²) in [6.07, 6.45) is 15.3. The molecule has 2 rings (SSSR count). The lowest BCUT2D eigenvalue weighted by atomic mass is 9.96. The van der Waals surface area contributed by atoms with Crippen molar-refractivity contribution in [3.05, 3.63) is 11.8 Å². The number of allylic oxidation sites excluding steroid dienone is 1. The van der Waals surface area contributed by atoms with E-state index in [0.717, 1.165) is 19.6 Å². The van der Waals surface area contributed by atoms with Crippen LogP contribution in [0.15, 0.2) is 11.8 Å². The summed E-state index contributed by atoms with van der Waals surface area (Å²) in [5, 5.41) is 0. The van der Waals surface area contributed by atoms with Gasteiger partial charge in [-0.25, -0.2) is 0 Å². The van der Waals surface area contributed by atoms with Crippen LogP contribution in [0.2, 0.25) is 0 Å². The van der Waals surface area contributed by atoms with Crippen molar-refractivity contribution in [3.63, 3.8) is 0 Å². The fourth-order valence-corrected chi connectivity index (χ4v) is 2.73. The van der Waals surface area contributed by atoms with Crippen molar-refractivity contribution in [1.29, 1.82) is 0 Å². The van der Waals surface area contributed by atoms with E-state index in [1.807, 2.05) is 6.26 Å². The summed E-state index contributed by atoms with van der Waals surface area (Å²) in [7, 11) is 0. The Bertz CT molecular complexity index is 221. The third-order valence-corrected chi connectivity index (χ3v) is 3.81. The van der Waals surface area contributed by atoms with Gasteiger partial charge in [0.1, 0.15) is 0 Å². The van der Waals surface area contributed by atoms with E-state index in [4.69, 9.17) is 9.47 Å². The molecule has 1 aliphatic carbocycles. The van der Waals surface area contributed by atoms with Crippen LogP contribution in [0, 0.1) is 0 Å². The Morgan fingerprint density at radius 2 is 2.00 bits per heavy atom. The molecule has 2 fully saturated rings. The van der Waals surface area contributed by atoms with E-state index in [1.54, 1.807) is 0 Å². The highest BCUT2D eigenvalue weighted by Gasteiger charge is 2.12. The standard InChI is InChI=1S/C15H26O2/c1-2-7-14(8-3-1)13-16-11-6-10-15-9-4-5-12-17-15/h13,15H,1-12H2. The molecule has 0 amide bonds. The molecule has 0 spiro atoms. The molecule has 2 heteroatoms. The lowest BCUT2D eigenvalue weighted by molar-refractivity contribution is 0.00729. The highest BCUT2D eigenvalue weighted by molar-refractivity contribution is 5.00. The minimum absolute atomic E-state index is 0.509. The maximum absolute atomic E-state index is 5.70. The predicted octanol–water partition coefficient (Wildman–Crippen LogP) is 4.20. The summed E-state index contributed by atoms with van der Waals surface area (Å²) in [4.78, 5) is 0. The van der Waals surface area contributed by atoms with Crippen LogP contribution in [-0.4, -0.2) is 19.3 Å². The van der Waals surface area contributed by atoms with E-state index >= 15 is 0 Å². The van der Waals surface area contributed by atoms with Crippen LogP contribution in [-0.2, 0) is 9.47 Å². The fraction of sp³-hybridized carbons (Fsp3) is 0.867. The van der Waals surface area contributed by atoms with Crippen LogP contribution >= 0.6 is 0 Å². The van der Waals surface area contributed by atoms with Gasteiger partial charge in [-0.3, -0.25) is 0 Å². The van der Waals surface area contributed by atoms with Gasteiger partial charge in [-0.1, -0.05) is 6.42 Å². The maximum Gasteiger partial charge on any atom is 0.0874 e. The Morgan fingerprint density at radius 3 is 2.76 bits per heavy atom. The zero-order chi connectivity index (χ0) is 11.8. The van der Waals surface area contributed by atoms with Crippen molar-refractivity contribution in [2.24, 2.45) is 0 Å². The van der Waals surface area contributed by atoms with Crippen molar-refractivity contribution < 1.29 is 9.47 Å². The van der Waals surface area contributed by atoms with E-state index < -0.39 is 0 Å². The second-order valence-corrected chi connectivity index (χ2v) is 5.34. The lowest BCUT2D eigenvalue weighted by Crippen LogP contribution is -2.19. The number of hydrogen-bond acceptors (Lipinski definition) is 2. The molecule has 0 aromatic rings. The van der Waals surface area contributed by atoms with Crippen molar-refractivity contribution in [2.45, 2.75) is 70.3 Å². The Hall–Kier alpha value is -0.500. The molecular formula is C15H26O2. The predicted molar refractivity (Wildman–Crippen MR) is 69.9 cm³/mol. The quantitative estimate of drug-likeness (QED) is 0.528. The first-order chi connectivity index (χ1) is 8.45. The zero-order valence-electron chi connectivity index (χ0n) is 11.0. The van der Waals surface area contributed by atoms with Gasteiger partial charge in [0.2, 0.25) is 0 Å². The first kappa shape index (κ1) is 12.9. The van der Waals surface area contributed by atoms with Crippen molar-refractivity contribution >= 4 is 0 Å². The molecule has 1 heterocycles. The molecule has 1 saturated carbocycles. The molecule has 2 aliphatic rings. The summed E-state index contributed by atoms with van der Waals surface area (Å²) in [6, 6.07) is 0. The van der Waals surface area contributed by atoms with Crippen LogP contribution in [0.5, 0.6) is 0 Å². The van der Waals surface area contributed by atoms with E-state index in [2.05, 4.69) is 0 Å². The average molecular weight is 238 g/mol. The number of hydrogen-bond donors (Lipinski definition) is 0. The number of rotatable bonds is 5. The Morgan fingerprint density at radius 1 is 1.12 bits per heavy atom. The van der Waals surface area contributed by atoms with Crippen LogP contribution in [0.25, 0.3) is 0 Å². The van der Waals surface area contributed by atoms with Crippen molar-refractivity contribution in [2.75, 3.05) is 13.2 Å². The fourth-order valence-electron chi connectivity index (χ4n) is 2.73. The topological polar surface area (TPSA) is 18.5 Å². The van der Waals surface area contributed by atoms with Gasteiger partial charge in [0.15, 0.2) is 0 Å². The molecule has 1 atom stereocenters. The average Bonchev–Trinajstić information content (AvgIpc) is 2.41. The van der Waals surface area contributed by atoms with Crippen LogP contribution in [0.1, 0.15) is 64.2 Å². The molecule has 1 aliphatic heterocycles. The monoisotopic (exact) mass is 238 g/mol. The van der Waals surface area contributed by atoms with Gasteiger partial charge in [0, 0.05) is 6.61 Å². The smallest absolute Gasteiger partial charge is 0.0874 e. The highest BCUT2D eigenvalue weighted by Crippen LogP contribution is 2.22. The van der Waals surface area contributed by atoms with Gasteiger partial charge in [0.25, 0.3) is 0 Å². The molecule has 2 nitrogen and oxygen atoms in total. The molecule has 0 radical (unpaired) electrons. The molecule has 0 N–H and O–H groups in total. The zero-order valence-corrected chi connectivity index (χ0v) is 11.0. The van der Waals surface area contributed by atoms with Crippen LogP contribution in [0.3, 0.4) is 0 Å². The van der Waals surface area contributed by atoms with Gasteiger partial charge < -0.3 is 9.47 Å². The summed E-state index contributed by atoms with van der Waals surface area (Å²) in [5.41, 5.74) is 1.52. The molecule has 0 aromatic heterocycles. The molecule has 0 aromatic carbocycles. The lowest BCUT2D eigenvalue weighted by Gasteiger charge is -2.22. The van der Waals surface area contributed by atoms with E-state index in [9.17, 15) is 0 Å². The number of ether oxygens (including phenoxy) is 2. The summed E-state index contributed by atoms with van der Waals surface area (Å²) in [6.45, 7) is 1.83. The molecule has 17 heavy (non-hydrogen) atoms. The second kappa shape index (κ2) is 7.75. The molecule has 1 unspecified atom stereocenters. The van der Waals surface area contributed by atoms with Gasteiger partial charge in [-0.2, -0.15) is 0 Å². The largest absolute Gasteiger partial charge is 0.501 e. The molecule has 98 valence electrons. The van der Waals surface area contributed by atoms with E-state index in [-0.39, 0.29) is 0 Å². The van der Waals surface area contributed by atoms with Crippen molar-refractivity contribution in [3.8, 4) is 0 Å². The van der Waals surface area contributed by atoms with Gasteiger partial charge in [-0.15, -0.1) is 0 Å². The van der Waals surface area contributed by atoms with E-state index in [1.165, 1.54) is 63.4 Å². The SMILES string of the molecule is C(OCCCC1CCCCO1)=C1CCCCC1. The summed E-state index contributed by atoms with van der Waals surface area (Å²) >= 11 is 0. The minimum Gasteiger partial charge on any atom is -0.501 e. The third kappa shape index (κ3) is 5.12. The first-order valence-corrected chi connectivity index (χ1v) is 7.36. The van der Waals surface area contributed by atoms with E-state index in [0.29, 0.717) is 6.10 Å². The maximum atomic E-state index is 5.70. The van der Waals surface area contributed by atoms with Gasteiger partial charge in [0.05, 0.1) is 19.0 Å². The summed E-state index contributed by atoms with van der Waals surface area (Å²) < 4.78 is 11.4.